The molecular formula is C16H15N3O3S. The summed E-state index contributed by atoms with van der Waals surface area (Å²) in [5, 5.41) is 2.65. The van der Waals surface area contributed by atoms with Gasteiger partial charge in [-0.3, -0.25) is 4.79 Å². The van der Waals surface area contributed by atoms with Gasteiger partial charge in [-0.2, -0.15) is 4.72 Å². The average Bonchev–Trinajstić information content (AvgIpc) is 2.55. The van der Waals surface area contributed by atoms with Crippen molar-refractivity contribution in [3.63, 3.8) is 0 Å². The molecule has 1 amide bonds. The molecule has 0 spiro atoms. The van der Waals surface area contributed by atoms with Crippen LogP contribution in [0.2, 0.25) is 0 Å². The van der Waals surface area contributed by atoms with Crippen LogP contribution in [0.25, 0.3) is 0 Å². The molecule has 0 aliphatic heterocycles. The first-order valence-electron chi connectivity index (χ1n) is 6.70. The Balaban J connectivity index is 2.25. The minimum absolute atomic E-state index is 0.0295. The molecule has 0 bridgehead atoms. The monoisotopic (exact) mass is 329 g/mol. The Kier molecular flexibility index (Phi) is 5.11. The number of carbonyl (C=O) groups excluding carboxylic acids is 1. The van der Waals surface area contributed by atoms with Gasteiger partial charge in [-0.15, -0.1) is 6.42 Å². The number of carbonyl (C=O) groups is 1. The maximum Gasteiger partial charge on any atom is 0.256 e. The second-order valence-electron chi connectivity index (χ2n) is 4.68. The third-order valence-corrected chi connectivity index (χ3v) is 4.41. The van der Waals surface area contributed by atoms with Crippen LogP contribution >= 0.6 is 0 Å². The predicted molar refractivity (Wildman–Crippen MR) is 87.4 cm³/mol. The summed E-state index contributed by atoms with van der Waals surface area (Å²) >= 11 is 0. The Bertz CT molecular complexity index is 870. The number of pyridine rings is 1. The van der Waals surface area contributed by atoms with E-state index in [4.69, 9.17) is 6.42 Å². The first kappa shape index (κ1) is 16.7. The Hall–Kier alpha value is -2.69. The van der Waals surface area contributed by atoms with Crippen molar-refractivity contribution in [2.75, 3.05) is 11.9 Å². The van der Waals surface area contributed by atoms with Crippen molar-refractivity contribution in [2.24, 2.45) is 0 Å². The number of hydrogen-bond acceptors (Lipinski definition) is 4. The third-order valence-electron chi connectivity index (χ3n) is 3.01. The zero-order chi connectivity index (χ0) is 16.9. The van der Waals surface area contributed by atoms with Gasteiger partial charge in [0.25, 0.3) is 5.91 Å². The Morgan fingerprint density at radius 3 is 2.78 bits per heavy atom. The SMILES string of the molecule is C#CCNS(=O)(=O)c1cccc(C(=O)Nc2ncccc2C)c1. The number of aryl methyl sites for hydroxylation is 1. The van der Waals surface area contributed by atoms with Gasteiger partial charge in [0.2, 0.25) is 10.0 Å². The van der Waals surface area contributed by atoms with Crippen molar-refractivity contribution >= 4 is 21.7 Å². The van der Waals surface area contributed by atoms with E-state index in [2.05, 4.69) is 20.9 Å². The van der Waals surface area contributed by atoms with Gasteiger partial charge in [0.05, 0.1) is 11.4 Å². The van der Waals surface area contributed by atoms with Crippen LogP contribution in [0.15, 0.2) is 47.5 Å². The fraction of sp³-hybridized carbons (Fsp3) is 0.125. The topological polar surface area (TPSA) is 88.2 Å². The van der Waals surface area contributed by atoms with Gasteiger partial charge < -0.3 is 5.32 Å². The van der Waals surface area contributed by atoms with Gasteiger partial charge in [-0.05, 0) is 36.8 Å². The molecule has 0 unspecified atom stereocenters. The van der Waals surface area contributed by atoms with Crippen LogP contribution < -0.4 is 10.0 Å². The summed E-state index contributed by atoms with van der Waals surface area (Å²) in [5.41, 5.74) is 1.01. The van der Waals surface area contributed by atoms with Crippen molar-refractivity contribution in [3.05, 3.63) is 53.7 Å². The summed E-state index contributed by atoms with van der Waals surface area (Å²) in [6, 6.07) is 9.26. The number of nitrogens with zero attached hydrogens (tertiary/aromatic N) is 1. The molecular weight excluding hydrogens is 314 g/mol. The summed E-state index contributed by atoms with van der Waals surface area (Å²) < 4.78 is 26.3. The normalized spacial score (nSPS) is 10.8. The highest BCUT2D eigenvalue weighted by Crippen LogP contribution is 2.14. The van der Waals surface area contributed by atoms with Crippen LogP contribution in [-0.2, 0) is 10.0 Å². The third kappa shape index (κ3) is 4.16. The second-order valence-corrected chi connectivity index (χ2v) is 6.45. The lowest BCUT2D eigenvalue weighted by Crippen LogP contribution is -2.24. The van der Waals surface area contributed by atoms with Crippen LogP contribution in [0.1, 0.15) is 15.9 Å². The van der Waals surface area contributed by atoms with Gasteiger partial charge >= 0.3 is 0 Å². The minimum Gasteiger partial charge on any atom is -0.306 e. The maximum atomic E-state index is 12.3. The molecule has 2 rings (SSSR count). The van der Waals surface area contributed by atoms with E-state index in [1.807, 2.05) is 13.0 Å². The molecule has 2 N–H and O–H groups in total. The highest BCUT2D eigenvalue weighted by molar-refractivity contribution is 7.89. The standard InChI is InChI=1S/C16H15N3O3S/c1-3-9-18-23(21,22)14-8-4-7-13(11-14)16(20)19-15-12(2)6-5-10-17-15/h1,4-8,10-11,18H,9H2,2H3,(H,17,19,20). The summed E-state index contributed by atoms with van der Waals surface area (Å²) in [7, 11) is -3.75. The molecule has 0 atom stereocenters. The van der Waals surface area contributed by atoms with Crippen molar-refractivity contribution in [1.82, 2.24) is 9.71 Å². The maximum absolute atomic E-state index is 12.3. The van der Waals surface area contributed by atoms with E-state index < -0.39 is 15.9 Å². The van der Waals surface area contributed by atoms with Crippen molar-refractivity contribution < 1.29 is 13.2 Å². The molecule has 118 valence electrons. The van der Waals surface area contributed by atoms with E-state index in [-0.39, 0.29) is 17.0 Å². The number of anilines is 1. The molecule has 0 fully saturated rings. The van der Waals surface area contributed by atoms with Gasteiger partial charge in [-0.25, -0.2) is 13.4 Å². The van der Waals surface area contributed by atoms with Crippen LogP contribution in [0.3, 0.4) is 0 Å². The zero-order valence-electron chi connectivity index (χ0n) is 12.4. The first-order valence-corrected chi connectivity index (χ1v) is 8.18. The van der Waals surface area contributed by atoms with Gasteiger partial charge in [0, 0.05) is 11.8 Å². The smallest absolute Gasteiger partial charge is 0.256 e. The molecule has 0 aliphatic rings. The molecule has 0 aliphatic carbocycles. The number of aromatic nitrogens is 1. The summed E-state index contributed by atoms with van der Waals surface area (Å²) in [6.07, 6.45) is 6.61. The molecule has 0 saturated heterocycles. The van der Waals surface area contributed by atoms with E-state index in [0.29, 0.717) is 5.82 Å². The van der Waals surface area contributed by atoms with Gasteiger partial charge in [-0.1, -0.05) is 18.1 Å². The molecule has 7 heteroatoms. The molecule has 1 aromatic carbocycles. The quantitative estimate of drug-likeness (QED) is 0.815. The summed E-state index contributed by atoms with van der Waals surface area (Å²) in [6.45, 7) is 1.69. The van der Waals surface area contributed by atoms with Crippen LogP contribution in [0.5, 0.6) is 0 Å². The summed E-state index contributed by atoms with van der Waals surface area (Å²) in [5.74, 6) is 2.18. The highest BCUT2D eigenvalue weighted by Gasteiger charge is 2.16. The van der Waals surface area contributed by atoms with E-state index in [9.17, 15) is 13.2 Å². The van der Waals surface area contributed by atoms with Crippen LogP contribution in [0, 0.1) is 19.3 Å². The molecule has 0 saturated carbocycles. The van der Waals surface area contributed by atoms with Crippen molar-refractivity contribution in [2.45, 2.75) is 11.8 Å². The number of nitrogens with one attached hydrogen (secondary N) is 2. The fourth-order valence-electron chi connectivity index (χ4n) is 1.82. The largest absolute Gasteiger partial charge is 0.306 e. The highest BCUT2D eigenvalue weighted by atomic mass is 32.2. The lowest BCUT2D eigenvalue weighted by molar-refractivity contribution is 0.102. The molecule has 6 nitrogen and oxygen atoms in total. The minimum atomic E-state index is -3.75. The Morgan fingerprint density at radius 2 is 2.09 bits per heavy atom. The van der Waals surface area contributed by atoms with Crippen molar-refractivity contribution in [3.8, 4) is 12.3 Å². The number of rotatable bonds is 5. The molecule has 23 heavy (non-hydrogen) atoms. The van der Waals surface area contributed by atoms with E-state index >= 15 is 0 Å². The average molecular weight is 329 g/mol. The number of terminal acetylenes is 1. The first-order chi connectivity index (χ1) is 10.9. The van der Waals surface area contributed by atoms with E-state index in [1.54, 1.807) is 12.3 Å². The van der Waals surface area contributed by atoms with Crippen LogP contribution in [-0.4, -0.2) is 25.9 Å². The molecule has 1 aromatic heterocycles. The van der Waals surface area contributed by atoms with Crippen LogP contribution in [0.4, 0.5) is 5.82 Å². The zero-order valence-corrected chi connectivity index (χ0v) is 13.2. The lowest BCUT2D eigenvalue weighted by atomic mass is 10.2. The molecule has 0 radical (unpaired) electrons. The predicted octanol–water partition coefficient (Wildman–Crippen LogP) is 1.55. The number of benzene rings is 1. The lowest BCUT2D eigenvalue weighted by Gasteiger charge is -2.09. The Morgan fingerprint density at radius 1 is 1.30 bits per heavy atom. The fourth-order valence-corrected chi connectivity index (χ4v) is 2.80. The number of sulfonamides is 1. The molecule has 1 heterocycles. The van der Waals surface area contributed by atoms with Gasteiger partial charge in [0.1, 0.15) is 5.82 Å². The number of amides is 1. The second kappa shape index (κ2) is 7.05. The molecule has 2 aromatic rings. The summed E-state index contributed by atoms with van der Waals surface area (Å²) in [4.78, 5) is 16.3. The van der Waals surface area contributed by atoms with Crippen molar-refractivity contribution in [1.29, 1.82) is 0 Å². The van der Waals surface area contributed by atoms with E-state index in [0.717, 1.165) is 5.56 Å². The number of hydrogen-bond donors (Lipinski definition) is 2. The van der Waals surface area contributed by atoms with E-state index in [1.165, 1.54) is 24.3 Å². The van der Waals surface area contributed by atoms with Gasteiger partial charge in [0.15, 0.2) is 0 Å². The Labute approximate surface area is 135 Å².